The Bertz CT molecular complexity index is 1330. The van der Waals surface area contributed by atoms with Crippen molar-refractivity contribution in [3.8, 4) is 0 Å². The SMILES string of the molecule is CCOC(=O)C1=C(C)N=c2s/c(=C\c3ccc(Br)o3)c(=O)n2[C@@H]1c1ccc(C)cc1. The number of rotatable bonds is 4. The lowest BCUT2D eigenvalue weighted by Gasteiger charge is -2.24. The molecule has 0 N–H and O–H groups in total. The summed E-state index contributed by atoms with van der Waals surface area (Å²) in [6.07, 6.45) is 1.68. The predicted molar refractivity (Wildman–Crippen MR) is 118 cm³/mol. The number of hydrogen-bond donors (Lipinski definition) is 0. The summed E-state index contributed by atoms with van der Waals surface area (Å²) in [5, 5.41) is 0. The van der Waals surface area contributed by atoms with Gasteiger partial charge in [-0.1, -0.05) is 41.2 Å². The van der Waals surface area contributed by atoms with Gasteiger partial charge in [-0.25, -0.2) is 9.79 Å². The van der Waals surface area contributed by atoms with E-state index in [2.05, 4.69) is 20.9 Å². The molecule has 30 heavy (non-hydrogen) atoms. The van der Waals surface area contributed by atoms with Crippen LogP contribution in [0.1, 0.15) is 36.8 Å². The van der Waals surface area contributed by atoms with Crippen molar-refractivity contribution in [3.63, 3.8) is 0 Å². The van der Waals surface area contributed by atoms with Gasteiger partial charge in [-0.15, -0.1) is 0 Å². The summed E-state index contributed by atoms with van der Waals surface area (Å²) in [5.74, 6) is 0.0916. The number of fused-ring (bicyclic) bond motifs is 1. The Balaban J connectivity index is 1.96. The molecule has 4 rings (SSSR count). The van der Waals surface area contributed by atoms with Crippen LogP contribution < -0.4 is 14.9 Å². The summed E-state index contributed by atoms with van der Waals surface area (Å²) in [7, 11) is 0. The van der Waals surface area contributed by atoms with Crippen molar-refractivity contribution < 1.29 is 13.9 Å². The summed E-state index contributed by atoms with van der Waals surface area (Å²) < 4.78 is 13.4. The first-order chi connectivity index (χ1) is 14.4. The number of aromatic nitrogens is 1. The number of esters is 1. The molecule has 0 amide bonds. The van der Waals surface area contributed by atoms with E-state index in [9.17, 15) is 9.59 Å². The van der Waals surface area contributed by atoms with E-state index in [1.54, 1.807) is 36.6 Å². The normalized spacial score (nSPS) is 16.4. The first-order valence-electron chi connectivity index (χ1n) is 9.40. The van der Waals surface area contributed by atoms with Gasteiger partial charge in [0, 0.05) is 6.08 Å². The second kappa shape index (κ2) is 8.20. The molecule has 3 heterocycles. The highest BCUT2D eigenvalue weighted by molar-refractivity contribution is 9.10. The fourth-order valence-corrected chi connectivity index (χ4v) is 4.74. The molecular formula is C22H19BrN2O4S. The molecule has 1 aromatic carbocycles. The van der Waals surface area contributed by atoms with Crippen molar-refractivity contribution in [1.29, 1.82) is 0 Å². The van der Waals surface area contributed by atoms with Gasteiger partial charge in [0.2, 0.25) is 0 Å². The summed E-state index contributed by atoms with van der Waals surface area (Å²) >= 11 is 4.54. The van der Waals surface area contributed by atoms with E-state index >= 15 is 0 Å². The van der Waals surface area contributed by atoms with Crippen molar-refractivity contribution in [3.05, 3.63) is 88.9 Å². The molecule has 1 aliphatic heterocycles. The molecule has 6 nitrogen and oxygen atoms in total. The Morgan fingerprint density at radius 3 is 2.63 bits per heavy atom. The summed E-state index contributed by atoms with van der Waals surface area (Å²) in [6, 6.07) is 10.7. The Kier molecular flexibility index (Phi) is 5.62. The third-order valence-corrected chi connectivity index (χ3v) is 6.19. The Morgan fingerprint density at radius 2 is 2.00 bits per heavy atom. The molecule has 2 aromatic heterocycles. The molecule has 0 radical (unpaired) electrons. The number of aryl methyl sites for hydroxylation is 1. The van der Waals surface area contributed by atoms with Crippen LogP contribution in [0.4, 0.5) is 0 Å². The molecule has 0 fully saturated rings. The maximum Gasteiger partial charge on any atom is 0.338 e. The van der Waals surface area contributed by atoms with Crippen LogP contribution in [0.15, 0.2) is 66.5 Å². The minimum absolute atomic E-state index is 0.230. The highest BCUT2D eigenvalue weighted by atomic mass is 79.9. The first-order valence-corrected chi connectivity index (χ1v) is 11.0. The van der Waals surface area contributed by atoms with Gasteiger partial charge in [-0.3, -0.25) is 9.36 Å². The van der Waals surface area contributed by atoms with Crippen molar-refractivity contribution >= 4 is 39.3 Å². The molecule has 1 atom stereocenters. The number of thiazole rings is 1. The van der Waals surface area contributed by atoms with Crippen molar-refractivity contribution in [2.24, 2.45) is 4.99 Å². The van der Waals surface area contributed by atoms with Gasteiger partial charge in [0.25, 0.3) is 5.56 Å². The van der Waals surface area contributed by atoms with Crippen LogP contribution >= 0.6 is 27.3 Å². The van der Waals surface area contributed by atoms with E-state index < -0.39 is 12.0 Å². The average molecular weight is 487 g/mol. The second-order valence-corrected chi connectivity index (χ2v) is 8.65. The number of furan rings is 1. The number of hydrogen-bond acceptors (Lipinski definition) is 6. The Hall–Kier alpha value is -2.71. The second-order valence-electron chi connectivity index (χ2n) is 6.85. The van der Waals surface area contributed by atoms with E-state index in [0.717, 1.165) is 11.1 Å². The molecule has 154 valence electrons. The van der Waals surface area contributed by atoms with E-state index in [4.69, 9.17) is 9.15 Å². The van der Waals surface area contributed by atoms with Gasteiger partial charge >= 0.3 is 5.97 Å². The van der Waals surface area contributed by atoms with Gasteiger partial charge in [0.05, 0.1) is 28.5 Å². The first kappa shape index (κ1) is 20.6. The van der Waals surface area contributed by atoms with E-state index in [0.29, 0.717) is 31.0 Å². The molecule has 3 aromatic rings. The minimum atomic E-state index is -0.605. The standard InChI is InChI=1S/C22H19BrN2O4S/c1-4-28-21(27)18-13(3)24-22-25(19(18)14-7-5-12(2)6-8-14)20(26)16(30-22)11-15-9-10-17(23)29-15/h5-11,19H,4H2,1-3H3/b16-11-/t19-/m1/s1. The molecule has 0 saturated carbocycles. The lowest BCUT2D eigenvalue weighted by Crippen LogP contribution is -2.39. The minimum Gasteiger partial charge on any atom is -0.463 e. The average Bonchev–Trinajstić information content (AvgIpc) is 3.24. The smallest absolute Gasteiger partial charge is 0.338 e. The van der Waals surface area contributed by atoms with E-state index in [1.807, 2.05) is 31.2 Å². The monoisotopic (exact) mass is 486 g/mol. The number of carbonyl (C=O) groups is 1. The fraction of sp³-hybridized carbons (Fsp3) is 0.227. The van der Waals surface area contributed by atoms with Crippen molar-refractivity contribution in [2.75, 3.05) is 6.61 Å². The number of benzene rings is 1. The van der Waals surface area contributed by atoms with E-state index in [1.165, 1.54) is 11.3 Å². The fourth-order valence-electron chi connectivity index (χ4n) is 3.39. The van der Waals surface area contributed by atoms with Gasteiger partial charge in [-0.2, -0.15) is 0 Å². The summed E-state index contributed by atoms with van der Waals surface area (Å²) in [4.78, 5) is 31.3. The molecule has 0 unspecified atom stereocenters. The van der Waals surface area contributed by atoms with Crippen LogP contribution in [0.25, 0.3) is 6.08 Å². The number of allylic oxidation sites excluding steroid dienone is 1. The highest BCUT2D eigenvalue weighted by Gasteiger charge is 2.33. The molecule has 1 aliphatic rings. The lowest BCUT2D eigenvalue weighted by atomic mass is 9.95. The third kappa shape index (κ3) is 3.73. The topological polar surface area (TPSA) is 73.8 Å². The highest BCUT2D eigenvalue weighted by Crippen LogP contribution is 2.30. The zero-order chi connectivity index (χ0) is 21.4. The van der Waals surface area contributed by atoms with Crippen LogP contribution in [-0.4, -0.2) is 17.1 Å². The number of halogens is 1. The van der Waals surface area contributed by atoms with Crippen LogP contribution in [-0.2, 0) is 9.53 Å². The Morgan fingerprint density at radius 1 is 1.27 bits per heavy atom. The van der Waals surface area contributed by atoms with Gasteiger partial charge in [0.1, 0.15) is 5.76 Å². The quantitative estimate of drug-likeness (QED) is 0.529. The van der Waals surface area contributed by atoms with Gasteiger partial charge < -0.3 is 9.15 Å². The Labute approximate surface area is 185 Å². The lowest BCUT2D eigenvalue weighted by molar-refractivity contribution is -0.139. The summed E-state index contributed by atoms with van der Waals surface area (Å²) in [5.41, 5.74) is 2.61. The van der Waals surface area contributed by atoms with Crippen LogP contribution in [0.5, 0.6) is 0 Å². The van der Waals surface area contributed by atoms with Gasteiger partial charge in [0.15, 0.2) is 9.47 Å². The molecule has 8 heteroatoms. The molecule has 0 spiro atoms. The van der Waals surface area contributed by atoms with Gasteiger partial charge in [-0.05, 0) is 54.4 Å². The zero-order valence-electron chi connectivity index (χ0n) is 16.6. The molecule has 0 saturated heterocycles. The number of carbonyl (C=O) groups excluding carboxylic acids is 1. The largest absolute Gasteiger partial charge is 0.463 e. The maximum absolute atomic E-state index is 13.4. The number of ether oxygens (including phenoxy) is 1. The third-order valence-electron chi connectivity index (χ3n) is 4.78. The van der Waals surface area contributed by atoms with Crippen LogP contribution in [0, 0.1) is 6.92 Å². The van der Waals surface area contributed by atoms with Crippen LogP contribution in [0.3, 0.4) is 0 Å². The van der Waals surface area contributed by atoms with Crippen LogP contribution in [0.2, 0.25) is 0 Å². The molecule has 0 aliphatic carbocycles. The van der Waals surface area contributed by atoms with Crippen molar-refractivity contribution in [1.82, 2.24) is 4.57 Å². The molecular weight excluding hydrogens is 468 g/mol. The summed E-state index contributed by atoms with van der Waals surface area (Å²) in [6.45, 7) is 5.76. The predicted octanol–water partition coefficient (Wildman–Crippen LogP) is 3.46. The molecule has 0 bridgehead atoms. The van der Waals surface area contributed by atoms with E-state index in [-0.39, 0.29) is 12.2 Å². The maximum atomic E-state index is 13.4. The number of nitrogens with zero attached hydrogens (tertiary/aromatic N) is 2. The zero-order valence-corrected chi connectivity index (χ0v) is 19.0. The van der Waals surface area contributed by atoms with Crippen molar-refractivity contribution in [2.45, 2.75) is 26.8 Å².